The van der Waals surface area contributed by atoms with Gasteiger partial charge in [0, 0.05) is 12.3 Å². The van der Waals surface area contributed by atoms with Crippen LogP contribution in [0.15, 0.2) is 47.5 Å². The first-order valence-corrected chi connectivity index (χ1v) is 6.99. The predicted octanol–water partition coefficient (Wildman–Crippen LogP) is 3.81. The highest BCUT2D eigenvalue weighted by molar-refractivity contribution is 6.09. The molecule has 2 rings (SSSR count). The molecule has 0 radical (unpaired) electrons. The predicted molar refractivity (Wildman–Crippen MR) is 79.6 cm³/mol. The Bertz CT molecular complexity index is 485. The van der Waals surface area contributed by atoms with Gasteiger partial charge in [-0.1, -0.05) is 50.3 Å². The monoisotopic (exact) mass is 255 g/mol. The maximum absolute atomic E-state index is 11.9. The van der Waals surface area contributed by atoms with Crippen LogP contribution in [-0.2, 0) is 4.79 Å². The summed E-state index contributed by atoms with van der Waals surface area (Å²) in [6.45, 7) is 3.91. The fourth-order valence-corrected chi connectivity index (χ4v) is 2.18. The van der Waals surface area contributed by atoms with Crippen molar-refractivity contribution in [1.82, 2.24) is 0 Å². The molecule has 0 spiro atoms. The SMILES string of the molecule is CC(C)C(=O)CC1CCC=CC(c2ccccc2)=N1. The van der Waals surface area contributed by atoms with Crippen LogP contribution in [0.2, 0.25) is 0 Å². The standard InChI is InChI=1S/C17H21NO/c1-13(2)17(19)12-15-10-6-7-11-16(18-15)14-8-4-3-5-9-14/h3-5,7-9,11,13,15H,6,10,12H2,1-2H3. The summed E-state index contributed by atoms with van der Waals surface area (Å²) >= 11 is 0. The Labute approximate surface area is 115 Å². The lowest BCUT2D eigenvalue weighted by atomic mass is 9.99. The van der Waals surface area contributed by atoms with Gasteiger partial charge in [-0.25, -0.2) is 0 Å². The Hall–Kier alpha value is -1.70. The van der Waals surface area contributed by atoms with Crippen molar-refractivity contribution in [1.29, 1.82) is 0 Å². The molecule has 19 heavy (non-hydrogen) atoms. The Morgan fingerprint density at radius 1 is 1.32 bits per heavy atom. The van der Waals surface area contributed by atoms with Gasteiger partial charge < -0.3 is 0 Å². The molecule has 0 aromatic heterocycles. The van der Waals surface area contributed by atoms with Crippen molar-refractivity contribution >= 4 is 11.5 Å². The van der Waals surface area contributed by atoms with E-state index in [1.54, 1.807) is 0 Å². The molecule has 1 aliphatic rings. The van der Waals surface area contributed by atoms with Crippen molar-refractivity contribution in [3.8, 4) is 0 Å². The van der Waals surface area contributed by atoms with Gasteiger partial charge in [0.25, 0.3) is 0 Å². The molecule has 1 aromatic rings. The maximum atomic E-state index is 11.9. The van der Waals surface area contributed by atoms with Crippen LogP contribution in [0, 0.1) is 5.92 Å². The minimum absolute atomic E-state index is 0.103. The molecule has 1 atom stereocenters. The van der Waals surface area contributed by atoms with Crippen molar-refractivity contribution in [2.75, 3.05) is 0 Å². The van der Waals surface area contributed by atoms with Gasteiger partial charge in [-0.05, 0) is 24.5 Å². The molecule has 2 heteroatoms. The highest BCUT2D eigenvalue weighted by atomic mass is 16.1. The Morgan fingerprint density at radius 2 is 2.05 bits per heavy atom. The van der Waals surface area contributed by atoms with Crippen LogP contribution >= 0.6 is 0 Å². The third kappa shape index (κ3) is 3.88. The molecule has 2 nitrogen and oxygen atoms in total. The Balaban J connectivity index is 2.17. The van der Waals surface area contributed by atoms with Crippen molar-refractivity contribution in [2.24, 2.45) is 10.9 Å². The highest BCUT2D eigenvalue weighted by Crippen LogP contribution is 2.17. The van der Waals surface area contributed by atoms with Gasteiger partial charge in [-0.3, -0.25) is 9.79 Å². The first-order chi connectivity index (χ1) is 9.16. The number of Topliss-reactive ketones (excluding diaryl/α,β-unsaturated/α-hetero) is 1. The lowest BCUT2D eigenvalue weighted by molar-refractivity contribution is -0.122. The number of nitrogens with zero attached hydrogens (tertiary/aromatic N) is 1. The molecular formula is C17H21NO. The second kappa shape index (κ2) is 6.46. The molecule has 1 aliphatic heterocycles. The lowest BCUT2D eigenvalue weighted by Gasteiger charge is -2.12. The molecule has 1 unspecified atom stereocenters. The minimum atomic E-state index is 0.103. The van der Waals surface area contributed by atoms with E-state index in [0.717, 1.165) is 24.1 Å². The summed E-state index contributed by atoms with van der Waals surface area (Å²) in [5.41, 5.74) is 2.13. The van der Waals surface area contributed by atoms with E-state index in [9.17, 15) is 4.79 Å². The fraction of sp³-hybridized carbons (Fsp3) is 0.412. The number of carbonyl (C=O) groups excluding carboxylic acids is 1. The van der Waals surface area contributed by atoms with Gasteiger partial charge in [0.15, 0.2) is 0 Å². The molecule has 100 valence electrons. The molecule has 0 bridgehead atoms. The van der Waals surface area contributed by atoms with Crippen LogP contribution in [0.25, 0.3) is 0 Å². The molecule has 0 saturated carbocycles. The second-order valence-electron chi connectivity index (χ2n) is 5.34. The van der Waals surface area contributed by atoms with Gasteiger partial charge in [0.2, 0.25) is 0 Å². The molecule has 0 amide bonds. The maximum Gasteiger partial charge on any atom is 0.137 e. The zero-order chi connectivity index (χ0) is 13.7. The largest absolute Gasteiger partial charge is 0.299 e. The number of hydrogen-bond donors (Lipinski definition) is 0. The van der Waals surface area contributed by atoms with Crippen LogP contribution in [0.5, 0.6) is 0 Å². The zero-order valence-corrected chi connectivity index (χ0v) is 11.7. The summed E-state index contributed by atoms with van der Waals surface area (Å²) < 4.78 is 0. The first kappa shape index (κ1) is 13.7. The zero-order valence-electron chi connectivity index (χ0n) is 11.7. The molecule has 0 N–H and O–H groups in total. The summed E-state index contributed by atoms with van der Waals surface area (Å²) in [5, 5.41) is 0. The van der Waals surface area contributed by atoms with Crippen LogP contribution in [0.4, 0.5) is 0 Å². The summed E-state index contributed by atoms with van der Waals surface area (Å²) in [6, 6.07) is 10.3. The van der Waals surface area contributed by atoms with E-state index in [4.69, 9.17) is 4.99 Å². The van der Waals surface area contributed by atoms with E-state index in [0.29, 0.717) is 12.2 Å². The summed E-state index contributed by atoms with van der Waals surface area (Å²) in [4.78, 5) is 16.7. The number of ketones is 1. The Kier molecular flexibility index (Phi) is 4.67. The summed E-state index contributed by atoms with van der Waals surface area (Å²) in [5.74, 6) is 0.412. The van der Waals surface area contributed by atoms with Crippen LogP contribution in [0.3, 0.4) is 0 Å². The quantitative estimate of drug-likeness (QED) is 0.804. The van der Waals surface area contributed by atoms with Crippen molar-refractivity contribution < 1.29 is 4.79 Å². The number of carbonyl (C=O) groups is 1. The van der Waals surface area contributed by atoms with E-state index in [1.165, 1.54) is 0 Å². The smallest absolute Gasteiger partial charge is 0.137 e. The summed E-state index contributed by atoms with van der Waals surface area (Å²) in [7, 11) is 0. The van der Waals surface area contributed by atoms with Crippen molar-refractivity contribution in [2.45, 2.75) is 39.2 Å². The third-order valence-electron chi connectivity index (χ3n) is 3.41. The number of rotatable bonds is 4. The highest BCUT2D eigenvalue weighted by Gasteiger charge is 2.17. The van der Waals surface area contributed by atoms with Gasteiger partial charge in [0.05, 0.1) is 11.8 Å². The van der Waals surface area contributed by atoms with Crippen LogP contribution < -0.4 is 0 Å². The molecule has 1 aromatic carbocycles. The molecule has 0 saturated heterocycles. The van der Waals surface area contributed by atoms with Crippen LogP contribution in [-0.4, -0.2) is 17.5 Å². The van der Waals surface area contributed by atoms with Gasteiger partial charge >= 0.3 is 0 Å². The minimum Gasteiger partial charge on any atom is -0.299 e. The topological polar surface area (TPSA) is 29.4 Å². The normalized spacial score (nSPS) is 19.1. The van der Waals surface area contributed by atoms with E-state index in [2.05, 4.69) is 24.3 Å². The summed E-state index contributed by atoms with van der Waals surface area (Å²) in [6.07, 6.45) is 6.76. The second-order valence-corrected chi connectivity index (χ2v) is 5.34. The van der Waals surface area contributed by atoms with E-state index in [1.807, 2.05) is 32.0 Å². The average molecular weight is 255 g/mol. The van der Waals surface area contributed by atoms with Crippen molar-refractivity contribution in [3.63, 3.8) is 0 Å². The average Bonchev–Trinajstić information content (AvgIpc) is 2.65. The van der Waals surface area contributed by atoms with Gasteiger partial charge in [0.1, 0.15) is 5.78 Å². The van der Waals surface area contributed by atoms with Crippen LogP contribution in [0.1, 0.15) is 38.7 Å². The Morgan fingerprint density at radius 3 is 2.74 bits per heavy atom. The van der Waals surface area contributed by atoms with Crippen molar-refractivity contribution in [3.05, 3.63) is 48.0 Å². The third-order valence-corrected chi connectivity index (χ3v) is 3.41. The van der Waals surface area contributed by atoms with Gasteiger partial charge in [-0.15, -0.1) is 0 Å². The molecule has 0 aliphatic carbocycles. The fourth-order valence-electron chi connectivity index (χ4n) is 2.18. The lowest BCUT2D eigenvalue weighted by Crippen LogP contribution is -2.17. The molecule has 0 fully saturated rings. The number of aliphatic imine (C=N–C) groups is 1. The van der Waals surface area contributed by atoms with E-state index >= 15 is 0 Å². The number of hydrogen-bond acceptors (Lipinski definition) is 2. The molecule has 1 heterocycles. The number of benzene rings is 1. The molecular weight excluding hydrogens is 234 g/mol. The van der Waals surface area contributed by atoms with Gasteiger partial charge in [-0.2, -0.15) is 0 Å². The first-order valence-electron chi connectivity index (χ1n) is 6.99. The van der Waals surface area contributed by atoms with E-state index in [-0.39, 0.29) is 12.0 Å². The van der Waals surface area contributed by atoms with E-state index < -0.39 is 0 Å². The number of allylic oxidation sites excluding steroid dienone is 2.